The SMILES string of the molecule is Cc1cccn2c(=O)c(C(=O)NC3CCCCCC3)c(O)nc12. The monoisotopic (exact) mass is 315 g/mol. The van der Waals surface area contributed by atoms with E-state index in [4.69, 9.17) is 0 Å². The third kappa shape index (κ3) is 3.06. The average Bonchev–Trinajstić information content (AvgIpc) is 2.77. The van der Waals surface area contributed by atoms with Crippen LogP contribution >= 0.6 is 0 Å². The Kier molecular flexibility index (Phi) is 4.32. The minimum atomic E-state index is -0.540. The van der Waals surface area contributed by atoms with E-state index in [1.165, 1.54) is 17.2 Å². The molecule has 0 radical (unpaired) electrons. The molecule has 1 amide bonds. The van der Waals surface area contributed by atoms with Crippen molar-refractivity contribution >= 4 is 11.6 Å². The van der Waals surface area contributed by atoms with Crippen LogP contribution in [0, 0.1) is 6.92 Å². The number of fused-ring (bicyclic) bond motifs is 1. The lowest BCUT2D eigenvalue weighted by Gasteiger charge is -2.16. The van der Waals surface area contributed by atoms with Crippen molar-refractivity contribution in [3.8, 4) is 5.88 Å². The quantitative estimate of drug-likeness (QED) is 0.832. The highest BCUT2D eigenvalue weighted by Gasteiger charge is 2.23. The highest BCUT2D eigenvalue weighted by molar-refractivity contribution is 5.96. The molecule has 1 fully saturated rings. The summed E-state index contributed by atoms with van der Waals surface area (Å²) in [5.74, 6) is -1.04. The lowest BCUT2D eigenvalue weighted by atomic mass is 10.1. The van der Waals surface area contributed by atoms with Crippen LogP contribution in [0.1, 0.15) is 54.4 Å². The van der Waals surface area contributed by atoms with Crippen molar-refractivity contribution in [3.05, 3.63) is 39.8 Å². The minimum Gasteiger partial charge on any atom is -0.493 e. The molecule has 0 unspecified atom stereocenters. The van der Waals surface area contributed by atoms with Crippen molar-refractivity contribution in [2.75, 3.05) is 0 Å². The molecular weight excluding hydrogens is 294 g/mol. The van der Waals surface area contributed by atoms with Crippen LogP contribution in [0.2, 0.25) is 0 Å². The van der Waals surface area contributed by atoms with Gasteiger partial charge in [0.15, 0.2) is 5.56 Å². The van der Waals surface area contributed by atoms with Crippen LogP contribution in [0.5, 0.6) is 5.88 Å². The summed E-state index contributed by atoms with van der Waals surface area (Å²) in [6.07, 6.45) is 7.88. The molecule has 0 aliphatic heterocycles. The molecule has 23 heavy (non-hydrogen) atoms. The third-order valence-electron chi connectivity index (χ3n) is 4.45. The summed E-state index contributed by atoms with van der Waals surface area (Å²) in [5, 5.41) is 13.0. The summed E-state index contributed by atoms with van der Waals surface area (Å²) in [5.41, 5.74) is 0.302. The van der Waals surface area contributed by atoms with Crippen molar-refractivity contribution in [2.45, 2.75) is 51.5 Å². The molecule has 1 saturated carbocycles. The summed E-state index contributed by atoms with van der Waals surface area (Å²) < 4.78 is 1.30. The van der Waals surface area contributed by atoms with Gasteiger partial charge in [0.25, 0.3) is 11.5 Å². The molecular formula is C17H21N3O3. The van der Waals surface area contributed by atoms with E-state index in [1.807, 2.05) is 0 Å². The number of pyridine rings is 1. The van der Waals surface area contributed by atoms with Gasteiger partial charge in [-0.1, -0.05) is 31.7 Å². The molecule has 122 valence electrons. The van der Waals surface area contributed by atoms with Gasteiger partial charge in [-0.3, -0.25) is 14.0 Å². The van der Waals surface area contributed by atoms with Crippen molar-refractivity contribution in [1.82, 2.24) is 14.7 Å². The van der Waals surface area contributed by atoms with Crippen molar-refractivity contribution < 1.29 is 9.90 Å². The van der Waals surface area contributed by atoms with Gasteiger partial charge in [-0.2, -0.15) is 4.98 Å². The van der Waals surface area contributed by atoms with Gasteiger partial charge in [0.05, 0.1) is 0 Å². The number of nitrogens with one attached hydrogen (secondary N) is 1. The van der Waals surface area contributed by atoms with Crippen LogP contribution in [0.25, 0.3) is 5.65 Å². The zero-order chi connectivity index (χ0) is 16.4. The lowest BCUT2D eigenvalue weighted by Crippen LogP contribution is -2.38. The van der Waals surface area contributed by atoms with Crippen LogP contribution in [-0.2, 0) is 0 Å². The number of aromatic nitrogens is 2. The first-order valence-corrected chi connectivity index (χ1v) is 8.09. The van der Waals surface area contributed by atoms with Gasteiger partial charge in [0.2, 0.25) is 5.88 Å². The van der Waals surface area contributed by atoms with Crippen LogP contribution in [0.15, 0.2) is 23.1 Å². The number of hydrogen-bond acceptors (Lipinski definition) is 4. The Morgan fingerprint density at radius 2 is 2.00 bits per heavy atom. The topological polar surface area (TPSA) is 83.7 Å². The number of nitrogens with zero attached hydrogens (tertiary/aromatic N) is 2. The summed E-state index contributed by atoms with van der Waals surface area (Å²) in [7, 11) is 0. The smallest absolute Gasteiger partial charge is 0.274 e. The molecule has 1 aliphatic carbocycles. The van der Waals surface area contributed by atoms with Gasteiger partial charge in [-0.05, 0) is 31.4 Å². The van der Waals surface area contributed by atoms with E-state index in [0.717, 1.165) is 31.2 Å². The molecule has 0 spiro atoms. The molecule has 2 N–H and O–H groups in total. The van der Waals surface area contributed by atoms with E-state index in [9.17, 15) is 14.7 Å². The predicted octanol–water partition coefficient (Wildman–Crippen LogP) is 2.16. The summed E-state index contributed by atoms with van der Waals surface area (Å²) >= 11 is 0. The highest BCUT2D eigenvalue weighted by atomic mass is 16.3. The maximum Gasteiger partial charge on any atom is 0.274 e. The first-order valence-electron chi connectivity index (χ1n) is 8.09. The Labute approximate surface area is 134 Å². The first kappa shape index (κ1) is 15.5. The molecule has 2 heterocycles. The van der Waals surface area contributed by atoms with Gasteiger partial charge < -0.3 is 10.4 Å². The van der Waals surface area contributed by atoms with Crippen molar-refractivity contribution in [3.63, 3.8) is 0 Å². The van der Waals surface area contributed by atoms with E-state index in [1.54, 1.807) is 25.3 Å². The normalized spacial score (nSPS) is 16.2. The predicted molar refractivity (Wildman–Crippen MR) is 86.8 cm³/mol. The van der Waals surface area contributed by atoms with E-state index < -0.39 is 17.3 Å². The fraction of sp³-hybridized carbons (Fsp3) is 0.471. The zero-order valence-corrected chi connectivity index (χ0v) is 13.2. The number of aromatic hydroxyl groups is 1. The number of hydrogen-bond donors (Lipinski definition) is 2. The maximum absolute atomic E-state index is 12.6. The van der Waals surface area contributed by atoms with Crippen LogP contribution in [-0.4, -0.2) is 26.4 Å². The number of amides is 1. The maximum atomic E-state index is 12.6. The van der Waals surface area contributed by atoms with Gasteiger partial charge in [-0.25, -0.2) is 0 Å². The van der Waals surface area contributed by atoms with Gasteiger partial charge >= 0.3 is 0 Å². The molecule has 2 aromatic rings. The van der Waals surface area contributed by atoms with Gasteiger partial charge in [0, 0.05) is 12.2 Å². The number of rotatable bonds is 2. The summed E-state index contributed by atoms with van der Waals surface area (Å²) in [4.78, 5) is 29.1. The Morgan fingerprint density at radius 3 is 2.70 bits per heavy atom. The lowest BCUT2D eigenvalue weighted by molar-refractivity contribution is 0.0928. The second-order valence-electron chi connectivity index (χ2n) is 6.16. The van der Waals surface area contributed by atoms with Crippen molar-refractivity contribution in [2.24, 2.45) is 0 Å². The fourth-order valence-corrected chi connectivity index (χ4v) is 3.17. The molecule has 0 aromatic carbocycles. The van der Waals surface area contributed by atoms with Crippen LogP contribution < -0.4 is 10.9 Å². The van der Waals surface area contributed by atoms with Crippen LogP contribution in [0.3, 0.4) is 0 Å². The Morgan fingerprint density at radius 1 is 1.30 bits per heavy atom. The van der Waals surface area contributed by atoms with E-state index in [0.29, 0.717) is 5.65 Å². The summed E-state index contributed by atoms with van der Waals surface area (Å²) in [6.45, 7) is 1.80. The third-order valence-corrected chi connectivity index (χ3v) is 4.45. The Hall–Kier alpha value is -2.37. The average molecular weight is 315 g/mol. The second kappa shape index (κ2) is 6.40. The van der Waals surface area contributed by atoms with E-state index >= 15 is 0 Å². The molecule has 2 aromatic heterocycles. The fourth-order valence-electron chi connectivity index (χ4n) is 3.17. The molecule has 1 aliphatic rings. The first-order chi connectivity index (χ1) is 11.1. The molecule has 0 saturated heterocycles. The Balaban J connectivity index is 1.95. The molecule has 0 atom stereocenters. The Bertz CT molecular complexity index is 790. The van der Waals surface area contributed by atoms with E-state index in [-0.39, 0.29) is 11.6 Å². The molecule has 3 rings (SSSR count). The summed E-state index contributed by atoms with van der Waals surface area (Å²) in [6, 6.07) is 3.57. The van der Waals surface area contributed by atoms with Crippen LogP contribution in [0.4, 0.5) is 0 Å². The standard InChI is InChI=1S/C17H21N3O3/c1-11-7-6-10-20-14(11)19-16(22)13(17(20)23)15(21)18-12-8-4-2-3-5-9-12/h6-7,10,12,22H,2-5,8-9H2,1H3,(H,18,21). The number of carbonyl (C=O) groups is 1. The molecule has 6 nitrogen and oxygen atoms in total. The van der Waals surface area contributed by atoms with Gasteiger partial charge in [-0.15, -0.1) is 0 Å². The number of aryl methyl sites for hydroxylation is 1. The van der Waals surface area contributed by atoms with Crippen molar-refractivity contribution in [1.29, 1.82) is 0 Å². The molecule has 6 heteroatoms. The molecule has 0 bridgehead atoms. The zero-order valence-electron chi connectivity index (χ0n) is 13.2. The van der Waals surface area contributed by atoms with Gasteiger partial charge in [0.1, 0.15) is 5.65 Å². The van der Waals surface area contributed by atoms with E-state index in [2.05, 4.69) is 10.3 Å². The minimum absolute atomic E-state index is 0.0574. The number of carbonyl (C=O) groups excluding carboxylic acids is 1. The highest BCUT2D eigenvalue weighted by Crippen LogP contribution is 2.19. The second-order valence-corrected chi connectivity index (χ2v) is 6.16. The largest absolute Gasteiger partial charge is 0.493 e.